The van der Waals surface area contributed by atoms with E-state index in [2.05, 4.69) is 15.8 Å². The maximum Gasteiger partial charge on any atom is 0.209 e. The molecular formula is C18H17Cl3N4. The van der Waals surface area contributed by atoms with Gasteiger partial charge in [-0.2, -0.15) is 5.10 Å². The summed E-state index contributed by atoms with van der Waals surface area (Å²) in [5.41, 5.74) is 4.58. The summed E-state index contributed by atoms with van der Waals surface area (Å²) in [6, 6.07) is 13.1. The number of rotatable bonds is 5. The molecule has 1 fully saturated rings. The summed E-state index contributed by atoms with van der Waals surface area (Å²) >= 11 is 18.1. The van der Waals surface area contributed by atoms with E-state index in [1.54, 1.807) is 18.2 Å². The van der Waals surface area contributed by atoms with Crippen molar-refractivity contribution < 1.29 is 0 Å². The molecule has 25 heavy (non-hydrogen) atoms. The van der Waals surface area contributed by atoms with Gasteiger partial charge in [-0.05, 0) is 42.7 Å². The molecule has 7 heteroatoms. The van der Waals surface area contributed by atoms with Crippen molar-refractivity contribution in [2.45, 2.75) is 18.3 Å². The highest BCUT2D eigenvalue weighted by molar-refractivity contribution is 6.38. The van der Waals surface area contributed by atoms with Gasteiger partial charge in [-0.15, -0.1) is 0 Å². The van der Waals surface area contributed by atoms with Crippen molar-refractivity contribution in [2.75, 3.05) is 6.54 Å². The Kier molecular flexibility index (Phi) is 5.52. The summed E-state index contributed by atoms with van der Waals surface area (Å²) in [5, 5.41) is 16.8. The second-order valence-electron chi connectivity index (χ2n) is 6.02. The Morgan fingerprint density at radius 1 is 1.08 bits per heavy atom. The van der Waals surface area contributed by atoms with E-state index in [1.807, 2.05) is 24.3 Å². The second kappa shape index (κ2) is 7.65. The zero-order chi connectivity index (χ0) is 17.9. The number of hydrazone groups is 1. The molecule has 0 saturated heterocycles. The maximum absolute atomic E-state index is 7.94. The van der Waals surface area contributed by atoms with Gasteiger partial charge in [0, 0.05) is 22.5 Å². The second-order valence-corrected chi connectivity index (χ2v) is 7.27. The van der Waals surface area contributed by atoms with Crippen LogP contribution in [0.2, 0.25) is 15.1 Å². The molecule has 0 aromatic heterocycles. The van der Waals surface area contributed by atoms with Crippen LogP contribution in [0, 0.1) is 5.41 Å². The van der Waals surface area contributed by atoms with Crippen molar-refractivity contribution >= 4 is 47.0 Å². The van der Waals surface area contributed by atoms with E-state index in [4.69, 9.17) is 40.2 Å². The average molecular weight is 396 g/mol. The molecule has 1 saturated carbocycles. The molecule has 130 valence electrons. The van der Waals surface area contributed by atoms with Crippen molar-refractivity contribution in [2.24, 2.45) is 5.10 Å². The number of nitrogens with zero attached hydrogens (tertiary/aromatic N) is 1. The van der Waals surface area contributed by atoms with Gasteiger partial charge in [-0.1, -0.05) is 53.0 Å². The quantitative estimate of drug-likeness (QED) is 0.386. The third-order valence-electron chi connectivity index (χ3n) is 4.28. The monoisotopic (exact) mass is 394 g/mol. The van der Waals surface area contributed by atoms with Crippen molar-refractivity contribution in [3.8, 4) is 0 Å². The first-order chi connectivity index (χ1) is 12.0. The van der Waals surface area contributed by atoms with Crippen LogP contribution in [-0.4, -0.2) is 18.7 Å². The van der Waals surface area contributed by atoms with Gasteiger partial charge in [-0.3, -0.25) is 5.41 Å². The zero-order valence-corrected chi connectivity index (χ0v) is 15.6. The molecule has 0 unspecified atom stereocenters. The summed E-state index contributed by atoms with van der Waals surface area (Å²) in [5.74, 6) is 0.125. The minimum absolute atomic E-state index is 0.0777. The van der Waals surface area contributed by atoms with Crippen LogP contribution in [0.4, 0.5) is 0 Å². The summed E-state index contributed by atoms with van der Waals surface area (Å²) < 4.78 is 0. The molecule has 0 aliphatic heterocycles. The molecule has 4 nitrogen and oxygen atoms in total. The Hall–Kier alpha value is -1.75. The number of benzene rings is 2. The Morgan fingerprint density at radius 2 is 1.72 bits per heavy atom. The van der Waals surface area contributed by atoms with Crippen molar-refractivity contribution in [1.82, 2.24) is 10.7 Å². The lowest BCUT2D eigenvalue weighted by Crippen LogP contribution is -2.38. The third kappa shape index (κ3) is 4.46. The van der Waals surface area contributed by atoms with E-state index in [9.17, 15) is 0 Å². The molecule has 0 radical (unpaired) electrons. The number of hydrogen-bond acceptors (Lipinski definition) is 2. The summed E-state index contributed by atoms with van der Waals surface area (Å²) in [7, 11) is 0. The molecule has 0 bridgehead atoms. The highest BCUT2D eigenvalue weighted by atomic mass is 35.5. The summed E-state index contributed by atoms with van der Waals surface area (Å²) in [6.45, 7) is 0.669. The molecule has 2 aromatic carbocycles. The maximum atomic E-state index is 7.94. The van der Waals surface area contributed by atoms with Crippen molar-refractivity contribution in [1.29, 1.82) is 5.41 Å². The fraction of sp³-hybridized carbons (Fsp3) is 0.222. The first-order valence-corrected chi connectivity index (χ1v) is 8.95. The van der Waals surface area contributed by atoms with Crippen LogP contribution in [0.5, 0.6) is 0 Å². The average Bonchev–Trinajstić information content (AvgIpc) is 3.37. The minimum atomic E-state index is 0.0777. The number of hydrogen-bond donors (Lipinski definition) is 3. The van der Waals surface area contributed by atoms with Gasteiger partial charge in [-0.25, -0.2) is 5.43 Å². The fourth-order valence-corrected chi connectivity index (χ4v) is 3.24. The van der Waals surface area contributed by atoms with Gasteiger partial charge in [0.2, 0.25) is 5.96 Å². The topological polar surface area (TPSA) is 60.3 Å². The van der Waals surface area contributed by atoms with Gasteiger partial charge >= 0.3 is 0 Å². The molecule has 2 aromatic rings. The van der Waals surface area contributed by atoms with Gasteiger partial charge in [0.15, 0.2) is 0 Å². The molecule has 0 amide bonds. The highest BCUT2D eigenvalue weighted by Crippen LogP contribution is 2.47. The van der Waals surface area contributed by atoms with Crippen molar-refractivity contribution in [3.63, 3.8) is 0 Å². The molecule has 0 heterocycles. The van der Waals surface area contributed by atoms with Gasteiger partial charge in [0.25, 0.3) is 0 Å². The number of nitrogens with one attached hydrogen (secondary N) is 3. The smallest absolute Gasteiger partial charge is 0.209 e. The first-order valence-electron chi connectivity index (χ1n) is 7.82. The van der Waals surface area contributed by atoms with E-state index in [-0.39, 0.29) is 11.4 Å². The van der Waals surface area contributed by atoms with Crippen LogP contribution in [-0.2, 0) is 5.41 Å². The predicted molar refractivity (Wildman–Crippen MR) is 105 cm³/mol. The molecule has 1 aliphatic carbocycles. The molecule has 0 atom stereocenters. The molecule has 1 aliphatic rings. The van der Waals surface area contributed by atoms with Crippen LogP contribution in [0.25, 0.3) is 0 Å². The van der Waals surface area contributed by atoms with Crippen LogP contribution >= 0.6 is 34.8 Å². The third-order valence-corrected chi connectivity index (χ3v) is 5.19. The number of guanidine groups is 1. The standard InChI is InChI=1S/C18H17Cl3N4/c19-13-6-4-12(5-7-13)18(8-9-18)11-23-17(22)25-24-10-14-15(20)2-1-3-16(14)21/h1-7,10H,8-9,11H2,(H3,22,23,25). The van der Waals surface area contributed by atoms with Crippen LogP contribution in [0.3, 0.4) is 0 Å². The van der Waals surface area contributed by atoms with Gasteiger partial charge in [0.1, 0.15) is 0 Å². The molecular weight excluding hydrogens is 379 g/mol. The number of halogens is 3. The highest BCUT2D eigenvalue weighted by Gasteiger charge is 2.44. The Labute approximate surface area is 161 Å². The largest absolute Gasteiger partial charge is 0.354 e. The van der Waals surface area contributed by atoms with E-state index < -0.39 is 0 Å². The van der Waals surface area contributed by atoms with Crippen LogP contribution in [0.1, 0.15) is 24.0 Å². The predicted octanol–water partition coefficient (Wildman–Crippen LogP) is 4.83. The zero-order valence-electron chi connectivity index (χ0n) is 13.3. The summed E-state index contributed by atoms with van der Waals surface area (Å²) in [6.07, 6.45) is 3.69. The van der Waals surface area contributed by atoms with Gasteiger partial charge < -0.3 is 5.32 Å². The van der Waals surface area contributed by atoms with Crippen LogP contribution in [0.15, 0.2) is 47.6 Å². The van der Waals surface area contributed by atoms with E-state index >= 15 is 0 Å². The molecule has 3 rings (SSSR count). The fourth-order valence-electron chi connectivity index (χ4n) is 2.61. The SMILES string of the molecule is N=C(NCC1(c2ccc(Cl)cc2)CC1)NN=Cc1c(Cl)cccc1Cl. The van der Waals surface area contributed by atoms with Crippen molar-refractivity contribution in [3.05, 3.63) is 68.7 Å². The minimum Gasteiger partial charge on any atom is -0.354 e. The molecule has 0 spiro atoms. The molecule has 3 N–H and O–H groups in total. The normalized spacial score (nSPS) is 15.2. The van der Waals surface area contributed by atoms with E-state index in [0.29, 0.717) is 22.2 Å². The lowest BCUT2D eigenvalue weighted by atomic mass is 9.96. The lowest BCUT2D eigenvalue weighted by Gasteiger charge is -2.17. The van der Waals surface area contributed by atoms with Gasteiger partial charge in [0.05, 0.1) is 16.3 Å². The Morgan fingerprint density at radius 3 is 2.32 bits per heavy atom. The Balaban J connectivity index is 1.53. The van der Waals surface area contributed by atoms with Crippen LogP contribution < -0.4 is 10.7 Å². The lowest BCUT2D eigenvalue weighted by molar-refractivity contribution is 0.647. The van der Waals surface area contributed by atoms with E-state index in [1.165, 1.54) is 11.8 Å². The van der Waals surface area contributed by atoms with E-state index in [0.717, 1.165) is 17.9 Å². The Bertz CT molecular complexity index is 778. The first kappa shape index (κ1) is 18.1. The summed E-state index contributed by atoms with van der Waals surface area (Å²) in [4.78, 5) is 0.